The van der Waals surface area contributed by atoms with Crippen LogP contribution in [0.1, 0.15) is 31.9 Å². The molecule has 0 aromatic heterocycles. The predicted molar refractivity (Wildman–Crippen MR) is 147 cm³/mol. The summed E-state index contributed by atoms with van der Waals surface area (Å²) in [5, 5.41) is 2.80. The maximum atomic E-state index is 13.6. The number of nitrogens with zero attached hydrogens (tertiary/aromatic N) is 1. The number of ether oxygens (including phenoxy) is 3. The van der Waals surface area contributed by atoms with Gasteiger partial charge in [0.2, 0.25) is 0 Å². The topological polar surface area (TPSA) is 94.2 Å². The second kappa shape index (κ2) is 10.9. The van der Waals surface area contributed by atoms with E-state index < -0.39 is 22.0 Å². The number of carbonyl (C=O) groups excluding carboxylic acids is 1. The summed E-state index contributed by atoms with van der Waals surface area (Å²) in [5.41, 5.74) is 2.53. The zero-order valence-electron chi connectivity index (χ0n) is 22.4. The molecule has 0 aliphatic carbocycles. The minimum absolute atomic E-state index is 0.0540. The molecule has 1 atom stereocenters. The van der Waals surface area contributed by atoms with Gasteiger partial charge in [-0.25, -0.2) is 8.42 Å². The first kappa shape index (κ1) is 27.3. The monoisotopic (exact) mass is 538 g/mol. The van der Waals surface area contributed by atoms with Gasteiger partial charge in [-0.05, 0) is 72.0 Å². The molecule has 3 aromatic rings. The van der Waals surface area contributed by atoms with Crippen molar-refractivity contribution in [2.75, 3.05) is 31.1 Å². The summed E-state index contributed by atoms with van der Waals surface area (Å²) in [6.45, 7) is 8.66. The summed E-state index contributed by atoms with van der Waals surface area (Å²) in [6, 6.07) is 19.3. The fraction of sp³-hybridized carbons (Fsp3) is 0.345. The third-order valence-corrected chi connectivity index (χ3v) is 8.11. The lowest BCUT2D eigenvalue weighted by atomic mass is 9.87. The smallest absolute Gasteiger partial charge is 0.264 e. The lowest BCUT2D eigenvalue weighted by molar-refractivity contribution is -0.127. The van der Waals surface area contributed by atoms with Crippen molar-refractivity contribution < 1.29 is 27.4 Å². The summed E-state index contributed by atoms with van der Waals surface area (Å²) in [6.07, 6.45) is -1.02. The molecule has 1 unspecified atom stereocenters. The van der Waals surface area contributed by atoms with Gasteiger partial charge in [0.15, 0.2) is 6.10 Å². The van der Waals surface area contributed by atoms with Crippen molar-refractivity contribution in [2.24, 2.45) is 0 Å². The normalized spacial score (nSPS) is 15.3. The number of anilines is 1. The molecule has 1 heterocycles. The van der Waals surface area contributed by atoms with Gasteiger partial charge >= 0.3 is 0 Å². The van der Waals surface area contributed by atoms with E-state index in [4.69, 9.17) is 14.2 Å². The molecule has 0 fully saturated rings. The van der Waals surface area contributed by atoms with Crippen LogP contribution in [0.5, 0.6) is 17.2 Å². The average molecular weight is 539 g/mol. The third-order valence-electron chi connectivity index (χ3n) is 6.32. The van der Waals surface area contributed by atoms with E-state index in [1.807, 2.05) is 37.3 Å². The zero-order valence-corrected chi connectivity index (χ0v) is 23.2. The molecule has 1 aliphatic rings. The van der Waals surface area contributed by atoms with Gasteiger partial charge in [0.05, 0.1) is 30.8 Å². The van der Waals surface area contributed by atoms with Gasteiger partial charge in [0.25, 0.3) is 15.9 Å². The van der Waals surface area contributed by atoms with E-state index in [9.17, 15) is 13.2 Å². The molecule has 4 rings (SSSR count). The minimum Gasteiger partial charge on any atom is -0.497 e. The van der Waals surface area contributed by atoms with Crippen LogP contribution in [0.3, 0.4) is 0 Å². The van der Waals surface area contributed by atoms with Gasteiger partial charge in [0.1, 0.15) is 23.9 Å². The number of fused-ring (bicyclic) bond motifs is 1. The number of rotatable bonds is 8. The SMILES string of the molecule is COc1ccc(S(=O)(=O)N2CC(C(=O)NCCOc3ccc(C(C)(C)C)cc3)Oc3cc(C)ccc32)cc1. The first-order chi connectivity index (χ1) is 18.0. The van der Waals surface area contributed by atoms with E-state index in [0.717, 1.165) is 5.56 Å². The largest absolute Gasteiger partial charge is 0.497 e. The molecule has 202 valence electrons. The van der Waals surface area contributed by atoms with E-state index in [1.54, 1.807) is 24.3 Å². The Hall–Kier alpha value is -3.72. The second-order valence-corrected chi connectivity index (χ2v) is 12.1. The van der Waals surface area contributed by atoms with Crippen LogP contribution < -0.4 is 23.8 Å². The van der Waals surface area contributed by atoms with Gasteiger partial charge in [-0.2, -0.15) is 0 Å². The molecule has 1 amide bonds. The maximum absolute atomic E-state index is 13.6. The number of nitrogens with one attached hydrogen (secondary N) is 1. The molecule has 0 spiro atoms. The Bertz CT molecular complexity index is 1380. The first-order valence-electron chi connectivity index (χ1n) is 12.4. The number of sulfonamides is 1. The Morgan fingerprint density at radius 3 is 2.32 bits per heavy atom. The van der Waals surface area contributed by atoms with Crippen molar-refractivity contribution >= 4 is 21.6 Å². The van der Waals surface area contributed by atoms with Crippen LogP contribution in [0.4, 0.5) is 5.69 Å². The highest BCUT2D eigenvalue weighted by Crippen LogP contribution is 2.38. The number of carbonyl (C=O) groups is 1. The van der Waals surface area contributed by atoms with Gasteiger partial charge in [-0.15, -0.1) is 0 Å². The highest BCUT2D eigenvalue weighted by molar-refractivity contribution is 7.92. The van der Waals surface area contributed by atoms with Crippen molar-refractivity contribution in [2.45, 2.75) is 44.1 Å². The van der Waals surface area contributed by atoms with Crippen LogP contribution in [0.15, 0.2) is 71.6 Å². The van der Waals surface area contributed by atoms with Crippen molar-refractivity contribution in [3.63, 3.8) is 0 Å². The van der Waals surface area contributed by atoms with Crippen LogP contribution in [-0.2, 0) is 20.2 Å². The Kier molecular flexibility index (Phi) is 7.87. The Labute approximate surface area is 224 Å². The van der Waals surface area contributed by atoms with Gasteiger partial charge in [0, 0.05) is 0 Å². The average Bonchev–Trinajstić information content (AvgIpc) is 2.89. The van der Waals surface area contributed by atoms with Crippen molar-refractivity contribution in [3.05, 3.63) is 77.9 Å². The van der Waals surface area contributed by atoms with Crippen molar-refractivity contribution in [3.8, 4) is 17.2 Å². The van der Waals surface area contributed by atoms with Gasteiger partial charge < -0.3 is 19.5 Å². The van der Waals surface area contributed by atoms with E-state index in [-0.39, 0.29) is 30.0 Å². The standard InChI is InChI=1S/C29H34N2O6S/c1-20-6-15-25-26(18-20)37-27(19-31(25)38(33,34)24-13-11-22(35-5)12-14-24)28(32)30-16-17-36-23-9-7-21(8-10-23)29(2,3)4/h6-15,18,27H,16-17,19H2,1-5H3,(H,30,32). The molecular formula is C29H34N2O6S. The number of amides is 1. The third kappa shape index (κ3) is 6.05. The molecule has 0 saturated heterocycles. The number of benzene rings is 3. The zero-order chi connectivity index (χ0) is 27.5. The molecule has 8 nitrogen and oxygen atoms in total. The van der Waals surface area contributed by atoms with Crippen LogP contribution in [0, 0.1) is 6.92 Å². The Morgan fingerprint density at radius 1 is 1.03 bits per heavy atom. The maximum Gasteiger partial charge on any atom is 0.264 e. The van der Waals surface area contributed by atoms with E-state index >= 15 is 0 Å². The molecule has 0 saturated carbocycles. The highest BCUT2D eigenvalue weighted by atomic mass is 32.2. The predicted octanol–water partition coefficient (Wildman–Crippen LogP) is 4.45. The number of aryl methyl sites for hydroxylation is 1. The van der Waals surface area contributed by atoms with Crippen LogP contribution in [0.2, 0.25) is 0 Å². The molecule has 9 heteroatoms. The fourth-order valence-electron chi connectivity index (χ4n) is 4.11. The van der Waals surface area contributed by atoms with E-state index in [1.165, 1.54) is 29.1 Å². The molecule has 0 bridgehead atoms. The lowest BCUT2D eigenvalue weighted by Crippen LogP contribution is -2.51. The van der Waals surface area contributed by atoms with E-state index in [2.05, 4.69) is 26.1 Å². The summed E-state index contributed by atoms with van der Waals surface area (Å²) in [5.74, 6) is 1.18. The number of methoxy groups -OCH3 is 1. The van der Waals surface area contributed by atoms with Gasteiger partial charge in [-0.1, -0.05) is 39.0 Å². The van der Waals surface area contributed by atoms with Crippen LogP contribution >= 0.6 is 0 Å². The molecule has 0 radical (unpaired) electrons. The molecule has 3 aromatic carbocycles. The summed E-state index contributed by atoms with van der Waals surface area (Å²) in [7, 11) is -2.45. The Morgan fingerprint density at radius 2 is 1.68 bits per heavy atom. The molecule has 38 heavy (non-hydrogen) atoms. The fourth-order valence-corrected chi connectivity index (χ4v) is 5.58. The summed E-state index contributed by atoms with van der Waals surface area (Å²) >= 11 is 0. The molecule has 1 N–H and O–H groups in total. The Balaban J connectivity index is 1.44. The van der Waals surface area contributed by atoms with Crippen LogP contribution in [-0.4, -0.2) is 47.2 Å². The van der Waals surface area contributed by atoms with Crippen LogP contribution in [0.25, 0.3) is 0 Å². The highest BCUT2D eigenvalue weighted by Gasteiger charge is 2.37. The quantitative estimate of drug-likeness (QED) is 0.426. The molecule has 1 aliphatic heterocycles. The van der Waals surface area contributed by atoms with E-state index in [0.29, 0.717) is 22.9 Å². The number of hydrogen-bond donors (Lipinski definition) is 1. The minimum atomic E-state index is -3.96. The lowest BCUT2D eigenvalue weighted by Gasteiger charge is -2.35. The van der Waals surface area contributed by atoms with Gasteiger partial charge in [-0.3, -0.25) is 9.10 Å². The van der Waals surface area contributed by atoms with Crippen molar-refractivity contribution in [1.29, 1.82) is 0 Å². The second-order valence-electron chi connectivity index (χ2n) is 10.2. The van der Waals surface area contributed by atoms with Crippen molar-refractivity contribution in [1.82, 2.24) is 5.32 Å². The summed E-state index contributed by atoms with van der Waals surface area (Å²) in [4.78, 5) is 13.1. The first-order valence-corrected chi connectivity index (χ1v) is 13.9. The number of hydrogen-bond acceptors (Lipinski definition) is 6. The summed E-state index contributed by atoms with van der Waals surface area (Å²) < 4.78 is 45.3. The molecular weight excluding hydrogens is 504 g/mol.